The molecule has 21 heavy (non-hydrogen) atoms. The first kappa shape index (κ1) is 15.6. The molecule has 114 valence electrons. The molecule has 0 radical (unpaired) electrons. The van der Waals surface area contributed by atoms with Gasteiger partial charge in [-0.3, -0.25) is 4.79 Å². The van der Waals surface area contributed by atoms with Gasteiger partial charge in [-0.1, -0.05) is 12.1 Å². The number of thiocarbonyl (C=S) groups is 1. The lowest BCUT2D eigenvalue weighted by Crippen LogP contribution is -2.45. The molecule has 0 unspecified atom stereocenters. The second-order valence-electron chi connectivity index (χ2n) is 5.10. The van der Waals surface area contributed by atoms with E-state index in [4.69, 9.17) is 12.2 Å². The van der Waals surface area contributed by atoms with E-state index in [0.717, 1.165) is 37.6 Å². The van der Waals surface area contributed by atoms with Gasteiger partial charge in [0.25, 0.3) is 0 Å². The van der Waals surface area contributed by atoms with Gasteiger partial charge in [-0.15, -0.1) is 0 Å². The number of likely N-dealkylation sites (tertiary alicyclic amines) is 1. The zero-order chi connectivity index (χ0) is 15.2. The summed E-state index contributed by atoms with van der Waals surface area (Å²) in [4.78, 5) is 14.3. The summed E-state index contributed by atoms with van der Waals surface area (Å²) in [6.45, 7) is 4.39. The lowest BCUT2D eigenvalue weighted by atomic mass is 9.96. The third kappa shape index (κ3) is 4.07. The number of carbonyl (C=O) groups excluding carboxylic acids is 1. The molecule has 0 aliphatic carbocycles. The Labute approximate surface area is 130 Å². The normalized spacial score (nSPS) is 15.6. The fourth-order valence-electron chi connectivity index (χ4n) is 2.42. The number of hydrogen-bond acceptors (Lipinski definition) is 3. The molecule has 1 aliphatic rings. The quantitative estimate of drug-likeness (QED) is 0.588. The van der Waals surface area contributed by atoms with E-state index in [-0.39, 0.29) is 17.6 Å². The van der Waals surface area contributed by atoms with E-state index in [9.17, 15) is 9.90 Å². The highest BCUT2D eigenvalue weighted by atomic mass is 32.1. The summed E-state index contributed by atoms with van der Waals surface area (Å²) in [5, 5.41) is 16.4. The largest absolute Gasteiger partial charge is 0.506 e. The summed E-state index contributed by atoms with van der Waals surface area (Å²) in [5.74, 6) is 0.0208. The van der Waals surface area contributed by atoms with Crippen LogP contribution in [0.5, 0.6) is 5.75 Å². The Morgan fingerprint density at radius 1 is 1.38 bits per heavy atom. The van der Waals surface area contributed by atoms with Crippen molar-refractivity contribution < 1.29 is 9.90 Å². The second-order valence-corrected chi connectivity index (χ2v) is 5.49. The van der Waals surface area contributed by atoms with Crippen LogP contribution in [0.2, 0.25) is 0 Å². The van der Waals surface area contributed by atoms with E-state index in [1.54, 1.807) is 24.3 Å². The predicted octanol–water partition coefficient (Wildman–Crippen LogP) is 1.94. The lowest BCUT2D eigenvalue weighted by molar-refractivity contribution is -0.121. The van der Waals surface area contributed by atoms with Crippen LogP contribution in [0.25, 0.3) is 0 Å². The maximum absolute atomic E-state index is 12.2. The monoisotopic (exact) mass is 307 g/mol. The van der Waals surface area contributed by atoms with Crippen molar-refractivity contribution >= 4 is 28.9 Å². The van der Waals surface area contributed by atoms with Crippen molar-refractivity contribution in [2.75, 3.05) is 25.0 Å². The summed E-state index contributed by atoms with van der Waals surface area (Å²) >= 11 is 5.28. The Bertz CT molecular complexity index is 513. The molecule has 0 atom stereocenters. The van der Waals surface area contributed by atoms with Crippen molar-refractivity contribution in [1.29, 1.82) is 0 Å². The number of hydrogen-bond donors (Lipinski definition) is 3. The van der Waals surface area contributed by atoms with Crippen molar-refractivity contribution in [3.05, 3.63) is 24.3 Å². The number of benzene rings is 1. The Morgan fingerprint density at radius 2 is 2.05 bits per heavy atom. The predicted molar refractivity (Wildman–Crippen MR) is 87.3 cm³/mol. The molecule has 5 nitrogen and oxygen atoms in total. The summed E-state index contributed by atoms with van der Waals surface area (Å²) in [6, 6.07) is 6.77. The molecule has 1 aromatic rings. The van der Waals surface area contributed by atoms with Gasteiger partial charge in [-0.05, 0) is 44.1 Å². The summed E-state index contributed by atoms with van der Waals surface area (Å²) in [5.41, 5.74) is 0.466. The summed E-state index contributed by atoms with van der Waals surface area (Å²) < 4.78 is 0. The van der Waals surface area contributed by atoms with Gasteiger partial charge in [0.1, 0.15) is 5.75 Å². The molecule has 0 spiro atoms. The molecule has 1 aliphatic heterocycles. The number of para-hydroxylation sites is 2. The highest BCUT2D eigenvalue weighted by Crippen LogP contribution is 2.24. The molecule has 0 bridgehead atoms. The SMILES string of the molecule is CCNC(=S)N1CCC(C(=O)Nc2ccccc2O)CC1. The molecule has 2 rings (SSSR count). The number of phenols is 1. The van der Waals surface area contributed by atoms with Crippen LogP contribution in [0.1, 0.15) is 19.8 Å². The zero-order valence-electron chi connectivity index (χ0n) is 12.1. The average molecular weight is 307 g/mol. The van der Waals surface area contributed by atoms with Gasteiger partial charge in [0.2, 0.25) is 5.91 Å². The maximum atomic E-state index is 12.2. The zero-order valence-corrected chi connectivity index (χ0v) is 12.9. The van der Waals surface area contributed by atoms with Crippen molar-refractivity contribution in [2.45, 2.75) is 19.8 Å². The Morgan fingerprint density at radius 3 is 2.67 bits per heavy atom. The van der Waals surface area contributed by atoms with E-state index in [2.05, 4.69) is 15.5 Å². The number of carbonyl (C=O) groups is 1. The van der Waals surface area contributed by atoms with E-state index < -0.39 is 0 Å². The Balaban J connectivity index is 1.86. The van der Waals surface area contributed by atoms with Gasteiger partial charge in [0.05, 0.1) is 5.69 Å². The van der Waals surface area contributed by atoms with Crippen LogP contribution >= 0.6 is 12.2 Å². The average Bonchev–Trinajstić information content (AvgIpc) is 2.50. The molecule has 0 saturated carbocycles. The number of nitrogens with one attached hydrogen (secondary N) is 2. The summed E-state index contributed by atoms with van der Waals surface area (Å²) in [7, 11) is 0. The third-order valence-corrected chi connectivity index (χ3v) is 4.05. The number of piperidine rings is 1. The molecule has 6 heteroatoms. The molecular weight excluding hydrogens is 286 g/mol. The minimum absolute atomic E-state index is 0.0366. The van der Waals surface area contributed by atoms with Crippen LogP contribution in [0.15, 0.2) is 24.3 Å². The number of aromatic hydroxyl groups is 1. The number of anilines is 1. The Kier molecular flexibility index (Phi) is 5.38. The van der Waals surface area contributed by atoms with Gasteiger partial charge in [0.15, 0.2) is 5.11 Å². The fourth-order valence-corrected chi connectivity index (χ4v) is 2.75. The fraction of sp³-hybridized carbons (Fsp3) is 0.467. The van der Waals surface area contributed by atoms with Gasteiger partial charge in [-0.25, -0.2) is 0 Å². The number of nitrogens with zero attached hydrogens (tertiary/aromatic N) is 1. The molecule has 1 saturated heterocycles. The molecule has 1 heterocycles. The minimum Gasteiger partial charge on any atom is -0.506 e. The number of amides is 1. The molecular formula is C15H21N3O2S. The maximum Gasteiger partial charge on any atom is 0.227 e. The smallest absolute Gasteiger partial charge is 0.227 e. The molecule has 1 aromatic carbocycles. The number of rotatable bonds is 3. The van der Waals surface area contributed by atoms with Gasteiger partial charge >= 0.3 is 0 Å². The lowest BCUT2D eigenvalue weighted by Gasteiger charge is -2.33. The van der Waals surface area contributed by atoms with Crippen molar-refractivity contribution in [3.63, 3.8) is 0 Å². The molecule has 1 amide bonds. The first-order chi connectivity index (χ1) is 10.1. The minimum atomic E-state index is -0.0368. The standard InChI is InChI=1S/C15H21N3O2S/c1-2-16-15(21)18-9-7-11(8-10-18)14(20)17-12-5-3-4-6-13(12)19/h3-6,11,19H,2,7-10H2,1H3,(H,16,21)(H,17,20). The first-order valence-electron chi connectivity index (χ1n) is 7.23. The molecule has 1 fully saturated rings. The van der Waals surface area contributed by atoms with E-state index >= 15 is 0 Å². The van der Waals surface area contributed by atoms with Crippen LogP contribution < -0.4 is 10.6 Å². The Hall–Kier alpha value is -1.82. The van der Waals surface area contributed by atoms with Crippen molar-refractivity contribution in [3.8, 4) is 5.75 Å². The first-order valence-corrected chi connectivity index (χ1v) is 7.64. The third-order valence-electron chi connectivity index (χ3n) is 3.64. The van der Waals surface area contributed by atoms with Gasteiger partial charge in [0, 0.05) is 25.6 Å². The van der Waals surface area contributed by atoms with Crippen LogP contribution in [-0.4, -0.2) is 40.7 Å². The van der Waals surface area contributed by atoms with E-state index in [1.807, 2.05) is 6.92 Å². The van der Waals surface area contributed by atoms with Crippen LogP contribution in [-0.2, 0) is 4.79 Å². The second kappa shape index (κ2) is 7.26. The van der Waals surface area contributed by atoms with Gasteiger partial charge < -0.3 is 20.6 Å². The highest BCUT2D eigenvalue weighted by Gasteiger charge is 2.26. The summed E-state index contributed by atoms with van der Waals surface area (Å²) in [6.07, 6.45) is 1.54. The van der Waals surface area contributed by atoms with Crippen LogP contribution in [0.3, 0.4) is 0 Å². The van der Waals surface area contributed by atoms with Crippen molar-refractivity contribution in [1.82, 2.24) is 10.2 Å². The molecule has 0 aromatic heterocycles. The van der Waals surface area contributed by atoms with E-state index in [1.165, 1.54) is 0 Å². The number of phenolic OH excluding ortho intramolecular Hbond substituents is 1. The van der Waals surface area contributed by atoms with Gasteiger partial charge in [-0.2, -0.15) is 0 Å². The van der Waals surface area contributed by atoms with Crippen LogP contribution in [0, 0.1) is 5.92 Å². The van der Waals surface area contributed by atoms with Crippen LogP contribution in [0.4, 0.5) is 5.69 Å². The molecule has 3 N–H and O–H groups in total. The topological polar surface area (TPSA) is 64.6 Å². The van der Waals surface area contributed by atoms with Crippen molar-refractivity contribution in [2.24, 2.45) is 5.92 Å². The highest BCUT2D eigenvalue weighted by molar-refractivity contribution is 7.80. The van der Waals surface area contributed by atoms with E-state index in [0.29, 0.717) is 5.69 Å².